The highest BCUT2D eigenvalue weighted by atomic mass is 35.5. The van der Waals surface area contributed by atoms with Crippen molar-refractivity contribution in [3.63, 3.8) is 0 Å². The number of carbonyl (C=O) groups is 1. The predicted molar refractivity (Wildman–Crippen MR) is 67.6 cm³/mol. The van der Waals surface area contributed by atoms with Crippen LogP contribution in [0.15, 0.2) is 18.2 Å². The number of ketones is 1. The molecule has 0 atom stereocenters. The summed E-state index contributed by atoms with van der Waals surface area (Å²) >= 11 is 5.77. The summed E-state index contributed by atoms with van der Waals surface area (Å²) in [5.74, 6) is -0.569. The largest absolute Gasteiger partial charge is 0.319 e. The quantitative estimate of drug-likeness (QED) is 0.881. The second-order valence-corrected chi connectivity index (χ2v) is 4.64. The molecule has 0 aliphatic carbocycles. The molecule has 17 heavy (non-hydrogen) atoms. The first-order valence-electron chi connectivity index (χ1n) is 5.69. The van der Waals surface area contributed by atoms with Crippen molar-refractivity contribution in [2.75, 3.05) is 0 Å². The summed E-state index contributed by atoms with van der Waals surface area (Å²) in [6, 6.07) is 4.20. The molecule has 0 heterocycles. The Bertz CT molecular complexity index is 416. The highest BCUT2D eigenvalue weighted by Gasteiger charge is 2.29. The number of hydrogen-bond acceptors (Lipinski definition) is 2. The van der Waals surface area contributed by atoms with Crippen LogP contribution in [0.1, 0.15) is 32.3 Å². The van der Waals surface area contributed by atoms with Crippen molar-refractivity contribution in [3.8, 4) is 0 Å². The number of benzene rings is 1. The fourth-order valence-corrected chi connectivity index (χ4v) is 1.87. The first kappa shape index (κ1) is 14.1. The monoisotopic (exact) mass is 257 g/mol. The third-order valence-electron chi connectivity index (χ3n) is 3.18. The van der Waals surface area contributed by atoms with Crippen molar-refractivity contribution in [3.05, 3.63) is 34.6 Å². The number of nitrogens with two attached hydrogens (primary N) is 1. The molecule has 0 aliphatic rings. The Hall–Kier alpha value is -0.930. The molecule has 1 aromatic carbocycles. The van der Waals surface area contributed by atoms with Gasteiger partial charge in [0, 0.05) is 11.4 Å². The minimum Gasteiger partial charge on any atom is -0.319 e. The molecule has 1 rings (SSSR count). The lowest BCUT2D eigenvalue weighted by Gasteiger charge is -2.24. The number of rotatable bonds is 5. The van der Waals surface area contributed by atoms with Gasteiger partial charge in [-0.25, -0.2) is 4.39 Å². The molecule has 0 unspecified atom stereocenters. The van der Waals surface area contributed by atoms with E-state index in [-0.39, 0.29) is 12.2 Å². The first-order chi connectivity index (χ1) is 7.92. The summed E-state index contributed by atoms with van der Waals surface area (Å²) in [5.41, 5.74) is 5.41. The summed E-state index contributed by atoms with van der Waals surface area (Å²) < 4.78 is 13.5. The number of carbonyl (C=O) groups excluding carboxylic acids is 1. The van der Waals surface area contributed by atoms with Gasteiger partial charge >= 0.3 is 0 Å². The Morgan fingerprint density at radius 1 is 1.41 bits per heavy atom. The Morgan fingerprint density at radius 3 is 2.53 bits per heavy atom. The van der Waals surface area contributed by atoms with Gasteiger partial charge in [0.2, 0.25) is 0 Å². The average molecular weight is 258 g/mol. The normalized spacial score (nSPS) is 11.6. The van der Waals surface area contributed by atoms with E-state index in [0.717, 1.165) is 0 Å². The maximum atomic E-state index is 13.5. The Morgan fingerprint density at radius 2 is 2.00 bits per heavy atom. The van der Waals surface area contributed by atoms with E-state index in [2.05, 4.69) is 0 Å². The van der Waals surface area contributed by atoms with Gasteiger partial charge in [0.1, 0.15) is 5.82 Å². The van der Waals surface area contributed by atoms with Gasteiger partial charge in [-0.05, 0) is 36.6 Å². The zero-order chi connectivity index (χ0) is 13.1. The summed E-state index contributed by atoms with van der Waals surface area (Å²) in [6.07, 6.45) is 1.08. The molecule has 4 heteroatoms. The molecule has 0 radical (unpaired) electrons. The topological polar surface area (TPSA) is 43.1 Å². The van der Waals surface area contributed by atoms with Crippen LogP contribution >= 0.6 is 11.6 Å². The van der Waals surface area contributed by atoms with Crippen LogP contribution in [-0.4, -0.2) is 11.3 Å². The third kappa shape index (κ3) is 3.27. The summed E-state index contributed by atoms with van der Waals surface area (Å²) in [4.78, 5) is 12.0. The molecule has 0 aliphatic heterocycles. The smallest absolute Gasteiger partial charge is 0.157 e. The van der Waals surface area contributed by atoms with Crippen molar-refractivity contribution in [1.29, 1.82) is 0 Å². The zero-order valence-electron chi connectivity index (χ0n) is 10.1. The molecular weight excluding hydrogens is 241 g/mol. The molecule has 2 N–H and O–H groups in total. The summed E-state index contributed by atoms with van der Waals surface area (Å²) in [7, 11) is 0. The lowest BCUT2D eigenvalue weighted by Crippen LogP contribution is -2.47. The van der Waals surface area contributed by atoms with Gasteiger partial charge in [-0.15, -0.1) is 0 Å². The second-order valence-electron chi connectivity index (χ2n) is 4.20. The van der Waals surface area contributed by atoms with E-state index < -0.39 is 11.4 Å². The van der Waals surface area contributed by atoms with Crippen molar-refractivity contribution >= 4 is 17.4 Å². The van der Waals surface area contributed by atoms with E-state index in [4.69, 9.17) is 17.3 Å². The van der Waals surface area contributed by atoms with Crippen LogP contribution in [0.25, 0.3) is 0 Å². The minimum absolute atomic E-state index is 0.00935. The summed E-state index contributed by atoms with van der Waals surface area (Å²) in [6.45, 7) is 3.71. The molecule has 0 amide bonds. The zero-order valence-corrected chi connectivity index (χ0v) is 10.9. The standard InChI is InChI=1S/C13H17ClFNO/c1-3-13(16,4-2)12(17)8-9-7-10(14)5-6-11(9)15/h5-7H,3-4,8,16H2,1-2H3. The minimum atomic E-state index is -0.866. The van der Waals surface area contributed by atoms with E-state index in [1.807, 2.05) is 13.8 Å². The number of hydrogen-bond donors (Lipinski definition) is 1. The number of Topliss-reactive ketones (excluding diaryl/α,β-unsaturated/α-hetero) is 1. The van der Waals surface area contributed by atoms with Crippen LogP contribution in [0.3, 0.4) is 0 Å². The van der Waals surface area contributed by atoms with E-state index >= 15 is 0 Å². The summed E-state index contributed by atoms with van der Waals surface area (Å²) in [5, 5.41) is 0.421. The molecule has 2 nitrogen and oxygen atoms in total. The van der Waals surface area contributed by atoms with Crippen LogP contribution in [0.5, 0.6) is 0 Å². The Balaban J connectivity index is 2.91. The van der Waals surface area contributed by atoms with E-state index in [1.54, 1.807) is 0 Å². The van der Waals surface area contributed by atoms with Gasteiger partial charge in [-0.2, -0.15) is 0 Å². The van der Waals surface area contributed by atoms with Gasteiger partial charge in [0.05, 0.1) is 5.54 Å². The second kappa shape index (κ2) is 5.61. The van der Waals surface area contributed by atoms with Gasteiger partial charge in [-0.3, -0.25) is 4.79 Å². The van der Waals surface area contributed by atoms with Crippen molar-refractivity contribution < 1.29 is 9.18 Å². The van der Waals surface area contributed by atoms with E-state index in [1.165, 1.54) is 18.2 Å². The SMILES string of the molecule is CCC(N)(CC)C(=O)Cc1cc(Cl)ccc1F. The highest BCUT2D eigenvalue weighted by Crippen LogP contribution is 2.20. The van der Waals surface area contributed by atoms with Crippen LogP contribution in [0.4, 0.5) is 4.39 Å². The van der Waals surface area contributed by atoms with Crippen molar-refractivity contribution in [2.24, 2.45) is 5.73 Å². The first-order valence-corrected chi connectivity index (χ1v) is 6.07. The van der Waals surface area contributed by atoms with Crippen molar-refractivity contribution in [2.45, 2.75) is 38.6 Å². The molecule has 0 saturated carbocycles. The molecule has 1 aromatic rings. The lowest BCUT2D eigenvalue weighted by molar-refractivity contribution is -0.123. The highest BCUT2D eigenvalue weighted by molar-refractivity contribution is 6.30. The Kier molecular flexibility index (Phi) is 4.66. The van der Waals surface area contributed by atoms with Crippen LogP contribution < -0.4 is 5.73 Å². The molecule has 0 aromatic heterocycles. The average Bonchev–Trinajstić information content (AvgIpc) is 2.32. The van der Waals surface area contributed by atoms with Crippen LogP contribution in [-0.2, 0) is 11.2 Å². The van der Waals surface area contributed by atoms with E-state index in [9.17, 15) is 9.18 Å². The van der Waals surface area contributed by atoms with Crippen molar-refractivity contribution in [1.82, 2.24) is 0 Å². The molecule has 0 fully saturated rings. The van der Waals surface area contributed by atoms with Crippen LogP contribution in [0.2, 0.25) is 5.02 Å². The Labute approximate surface area is 106 Å². The van der Waals surface area contributed by atoms with Gasteiger partial charge in [-0.1, -0.05) is 25.4 Å². The molecular formula is C13H17ClFNO. The van der Waals surface area contributed by atoms with Crippen LogP contribution in [0, 0.1) is 5.82 Å². The van der Waals surface area contributed by atoms with E-state index in [0.29, 0.717) is 23.4 Å². The fraction of sp³-hybridized carbons (Fsp3) is 0.462. The van der Waals surface area contributed by atoms with Gasteiger partial charge in [0.15, 0.2) is 5.78 Å². The van der Waals surface area contributed by atoms with Gasteiger partial charge < -0.3 is 5.73 Å². The third-order valence-corrected chi connectivity index (χ3v) is 3.41. The molecule has 0 spiro atoms. The molecule has 94 valence electrons. The molecule has 0 bridgehead atoms. The maximum absolute atomic E-state index is 13.5. The fourth-order valence-electron chi connectivity index (χ4n) is 1.67. The maximum Gasteiger partial charge on any atom is 0.157 e. The molecule has 0 saturated heterocycles. The number of halogens is 2. The van der Waals surface area contributed by atoms with Gasteiger partial charge in [0.25, 0.3) is 0 Å². The predicted octanol–water partition coefficient (Wildman–Crippen LogP) is 3.11. The lowest BCUT2D eigenvalue weighted by atomic mass is 9.86.